The Hall–Kier alpha value is -1.80. The van der Waals surface area contributed by atoms with Crippen LogP contribution in [0.4, 0.5) is 10.6 Å². The van der Waals surface area contributed by atoms with E-state index in [-0.39, 0.29) is 11.6 Å². The van der Waals surface area contributed by atoms with Crippen LogP contribution in [0.3, 0.4) is 0 Å². The van der Waals surface area contributed by atoms with Gasteiger partial charge in [-0.1, -0.05) is 25.6 Å². The van der Waals surface area contributed by atoms with Crippen LogP contribution in [-0.4, -0.2) is 43.1 Å². The molecule has 0 unspecified atom stereocenters. The van der Waals surface area contributed by atoms with Crippen LogP contribution < -0.4 is 4.90 Å². The second-order valence-electron chi connectivity index (χ2n) is 7.60. The first-order valence-corrected chi connectivity index (χ1v) is 11.1. The fourth-order valence-corrected chi connectivity index (χ4v) is 2.86. The van der Waals surface area contributed by atoms with Gasteiger partial charge in [-0.2, -0.15) is 0 Å². The first-order chi connectivity index (χ1) is 10.0. The van der Waals surface area contributed by atoms with E-state index in [0.717, 1.165) is 16.9 Å². The Labute approximate surface area is 134 Å². The molecule has 2 rings (SSSR count). The highest BCUT2D eigenvalue weighted by molar-refractivity contribution is 6.83. The van der Waals surface area contributed by atoms with Crippen LogP contribution in [0.25, 0.3) is 0 Å². The number of aromatic nitrogens is 1. The lowest BCUT2D eigenvalue weighted by Gasteiger charge is -2.24. The van der Waals surface area contributed by atoms with E-state index in [4.69, 9.17) is 0 Å². The Balaban J connectivity index is 2.31. The van der Waals surface area contributed by atoms with E-state index in [2.05, 4.69) is 49.9 Å². The van der Waals surface area contributed by atoms with Crippen molar-refractivity contribution in [1.82, 2.24) is 9.88 Å². The van der Waals surface area contributed by atoms with E-state index >= 15 is 0 Å². The minimum absolute atomic E-state index is 0.00142. The minimum atomic E-state index is -1.40. The van der Waals surface area contributed by atoms with Crippen LogP contribution in [0.2, 0.25) is 19.6 Å². The molecule has 1 aliphatic rings. The van der Waals surface area contributed by atoms with Gasteiger partial charge in [-0.3, -0.25) is 4.90 Å². The predicted molar refractivity (Wildman–Crippen MR) is 93.8 cm³/mol. The number of hydrogen-bond acceptors (Lipinski definition) is 2. The van der Waals surface area contributed by atoms with Gasteiger partial charge in [-0.25, -0.2) is 9.78 Å². The summed E-state index contributed by atoms with van der Waals surface area (Å²) >= 11 is 0. The van der Waals surface area contributed by atoms with Crippen molar-refractivity contribution in [3.05, 3.63) is 23.4 Å². The van der Waals surface area contributed by atoms with Crippen molar-refractivity contribution in [2.24, 2.45) is 0 Å². The zero-order chi connectivity index (χ0) is 16.7. The molecule has 118 valence electrons. The van der Waals surface area contributed by atoms with Gasteiger partial charge in [-0.15, -0.1) is 5.54 Å². The number of aryl methyl sites for hydroxylation is 1. The van der Waals surface area contributed by atoms with E-state index < -0.39 is 8.07 Å². The number of urea groups is 1. The van der Waals surface area contributed by atoms with Crippen molar-refractivity contribution in [2.45, 2.75) is 46.0 Å². The summed E-state index contributed by atoms with van der Waals surface area (Å²) in [4.78, 5) is 20.4. The van der Waals surface area contributed by atoms with Crippen LogP contribution in [0, 0.1) is 18.4 Å². The summed E-state index contributed by atoms with van der Waals surface area (Å²) in [7, 11) is 0.443. The van der Waals surface area contributed by atoms with Crippen molar-refractivity contribution in [3.8, 4) is 11.5 Å². The number of carbonyl (C=O) groups is 1. The normalized spacial score (nSPS) is 17.5. The molecule has 2 heterocycles. The molecule has 22 heavy (non-hydrogen) atoms. The molecule has 0 bridgehead atoms. The fourth-order valence-electron chi connectivity index (χ4n) is 2.34. The highest BCUT2D eigenvalue weighted by Crippen LogP contribution is 2.29. The SMILES string of the molecule is Cc1cc(C#C[Si](C)(C)C)cnc1N1CC(C)(C)N(C)C1=O. The van der Waals surface area contributed by atoms with E-state index in [1.165, 1.54) is 0 Å². The van der Waals surface area contributed by atoms with Gasteiger partial charge in [0.05, 0.1) is 12.1 Å². The number of hydrogen-bond donors (Lipinski definition) is 0. The smallest absolute Gasteiger partial charge is 0.320 e. The first-order valence-electron chi connectivity index (χ1n) is 7.56. The zero-order valence-corrected chi connectivity index (χ0v) is 15.6. The monoisotopic (exact) mass is 315 g/mol. The summed E-state index contributed by atoms with van der Waals surface area (Å²) in [6.45, 7) is 13.4. The number of carbonyl (C=O) groups excluding carboxylic acids is 1. The van der Waals surface area contributed by atoms with Gasteiger partial charge >= 0.3 is 6.03 Å². The number of amides is 2. The van der Waals surface area contributed by atoms with Gasteiger partial charge in [0.1, 0.15) is 13.9 Å². The molecular formula is C17H25N3OSi. The van der Waals surface area contributed by atoms with Crippen molar-refractivity contribution in [1.29, 1.82) is 0 Å². The molecule has 0 saturated carbocycles. The Kier molecular flexibility index (Phi) is 4.09. The van der Waals surface area contributed by atoms with E-state index in [1.807, 2.05) is 20.0 Å². The minimum Gasteiger partial charge on any atom is -0.320 e. The largest absolute Gasteiger partial charge is 0.326 e. The Bertz CT molecular complexity index is 665. The summed E-state index contributed by atoms with van der Waals surface area (Å²) in [6.07, 6.45) is 1.77. The molecule has 1 aliphatic heterocycles. The number of anilines is 1. The van der Waals surface area contributed by atoms with Crippen LogP contribution >= 0.6 is 0 Å². The number of likely N-dealkylation sites (N-methyl/N-ethyl adjacent to an activating group) is 1. The maximum Gasteiger partial charge on any atom is 0.326 e. The van der Waals surface area contributed by atoms with Crippen LogP contribution in [-0.2, 0) is 0 Å². The predicted octanol–water partition coefficient (Wildman–Crippen LogP) is 3.27. The quantitative estimate of drug-likeness (QED) is 0.589. The molecule has 0 radical (unpaired) electrons. The number of rotatable bonds is 1. The second-order valence-corrected chi connectivity index (χ2v) is 12.4. The standard InChI is InChI=1S/C17H25N3OSi/c1-13-10-14(8-9-22(5,6)7)11-18-15(13)20-12-17(2,3)19(4)16(20)21/h10-11H,12H2,1-7H3. The molecule has 1 aromatic heterocycles. The third kappa shape index (κ3) is 3.33. The molecule has 2 amide bonds. The molecule has 0 aromatic carbocycles. The van der Waals surface area contributed by atoms with Crippen LogP contribution in [0.15, 0.2) is 12.3 Å². The third-order valence-corrected chi connectivity index (χ3v) is 4.73. The molecule has 0 aliphatic carbocycles. The first kappa shape index (κ1) is 16.6. The molecular weight excluding hydrogens is 290 g/mol. The molecule has 0 N–H and O–H groups in total. The van der Waals surface area contributed by atoms with Crippen molar-refractivity contribution >= 4 is 19.9 Å². The summed E-state index contributed by atoms with van der Waals surface area (Å²) in [5.41, 5.74) is 5.07. The Morgan fingerprint density at radius 3 is 2.41 bits per heavy atom. The van der Waals surface area contributed by atoms with Gasteiger partial charge in [0.25, 0.3) is 0 Å². The average Bonchev–Trinajstić information content (AvgIpc) is 2.59. The summed E-state index contributed by atoms with van der Waals surface area (Å²) in [6, 6.07) is 2.02. The molecule has 1 saturated heterocycles. The zero-order valence-electron chi connectivity index (χ0n) is 14.6. The van der Waals surface area contributed by atoms with Crippen LogP contribution in [0.1, 0.15) is 25.0 Å². The highest BCUT2D eigenvalue weighted by atomic mass is 28.3. The van der Waals surface area contributed by atoms with Gasteiger partial charge in [0.2, 0.25) is 0 Å². The van der Waals surface area contributed by atoms with E-state index in [0.29, 0.717) is 6.54 Å². The lowest BCUT2D eigenvalue weighted by atomic mass is 10.1. The molecule has 1 aromatic rings. The summed E-state index contributed by atoms with van der Waals surface area (Å²) in [5, 5.41) is 0. The van der Waals surface area contributed by atoms with E-state index in [1.54, 1.807) is 16.0 Å². The van der Waals surface area contributed by atoms with Gasteiger partial charge in [0, 0.05) is 18.8 Å². The van der Waals surface area contributed by atoms with Crippen LogP contribution in [0.5, 0.6) is 0 Å². The number of pyridine rings is 1. The average molecular weight is 315 g/mol. The van der Waals surface area contributed by atoms with Crippen molar-refractivity contribution in [2.75, 3.05) is 18.5 Å². The molecule has 0 atom stereocenters. The van der Waals surface area contributed by atoms with Gasteiger partial charge in [0.15, 0.2) is 0 Å². The number of nitrogens with zero attached hydrogens (tertiary/aromatic N) is 3. The topological polar surface area (TPSA) is 36.4 Å². The van der Waals surface area contributed by atoms with Gasteiger partial charge < -0.3 is 4.90 Å². The van der Waals surface area contributed by atoms with Crippen molar-refractivity contribution in [3.63, 3.8) is 0 Å². The molecule has 1 fully saturated rings. The second kappa shape index (κ2) is 5.44. The lowest BCUT2D eigenvalue weighted by molar-refractivity contribution is 0.198. The fraction of sp³-hybridized carbons (Fsp3) is 0.529. The summed E-state index contributed by atoms with van der Waals surface area (Å²) in [5.74, 6) is 3.95. The van der Waals surface area contributed by atoms with Crippen molar-refractivity contribution < 1.29 is 4.79 Å². The molecule has 4 nitrogen and oxygen atoms in total. The molecule has 0 spiro atoms. The van der Waals surface area contributed by atoms with E-state index in [9.17, 15) is 4.79 Å². The third-order valence-electron chi connectivity index (χ3n) is 3.86. The lowest BCUT2D eigenvalue weighted by Crippen LogP contribution is -2.38. The summed E-state index contributed by atoms with van der Waals surface area (Å²) < 4.78 is 0. The maximum absolute atomic E-state index is 12.4. The van der Waals surface area contributed by atoms with Gasteiger partial charge in [-0.05, 0) is 32.4 Å². The molecule has 5 heteroatoms. The Morgan fingerprint density at radius 2 is 1.95 bits per heavy atom. The Morgan fingerprint density at radius 1 is 1.32 bits per heavy atom. The maximum atomic E-state index is 12.4. The highest BCUT2D eigenvalue weighted by Gasteiger charge is 2.42.